The highest BCUT2D eigenvalue weighted by atomic mass is 35.5. The molecule has 0 aliphatic carbocycles. The van der Waals surface area contributed by atoms with Crippen LogP contribution in [0.1, 0.15) is 46.8 Å². The van der Waals surface area contributed by atoms with Gasteiger partial charge in [0.05, 0.1) is 15.7 Å². The molecule has 1 heterocycles. The number of nitrogen functional groups attached to an aromatic ring is 1. The van der Waals surface area contributed by atoms with Crippen molar-refractivity contribution >= 4 is 47.2 Å². The van der Waals surface area contributed by atoms with E-state index >= 15 is 0 Å². The standard InChI is InChI=1S/C20H23Cl2N3O.ClH/c1-25-9-5-4-8-18(25)15-7-3-2-6-13(15)12-24-20(26)14-10-16(21)19(23)17(22)11-14;/h2-3,6-7,10-11,18H,4-5,8-9,12,23H2,1H3,(H,24,26);1H/t18-;/m1./s1. The van der Waals surface area contributed by atoms with Crippen LogP contribution in [-0.2, 0) is 6.54 Å². The number of nitrogens with one attached hydrogen (secondary N) is 1. The Morgan fingerprint density at radius 1 is 1.22 bits per heavy atom. The average Bonchev–Trinajstić information content (AvgIpc) is 2.64. The smallest absolute Gasteiger partial charge is 0.251 e. The number of likely N-dealkylation sites (tertiary alicyclic amines) is 1. The minimum Gasteiger partial charge on any atom is -0.396 e. The van der Waals surface area contributed by atoms with Crippen molar-refractivity contribution < 1.29 is 4.79 Å². The van der Waals surface area contributed by atoms with Crippen LogP contribution in [0.15, 0.2) is 36.4 Å². The lowest BCUT2D eigenvalue weighted by Crippen LogP contribution is -2.31. The number of piperidine rings is 1. The minimum atomic E-state index is -0.222. The summed E-state index contributed by atoms with van der Waals surface area (Å²) >= 11 is 12.1. The van der Waals surface area contributed by atoms with Gasteiger partial charge in [-0.25, -0.2) is 0 Å². The van der Waals surface area contributed by atoms with E-state index in [2.05, 4.69) is 35.5 Å². The number of hydrogen-bond acceptors (Lipinski definition) is 3. The first kappa shape index (κ1) is 21.8. The first-order valence-electron chi connectivity index (χ1n) is 8.78. The molecule has 1 saturated heterocycles. The van der Waals surface area contributed by atoms with Gasteiger partial charge in [-0.05, 0) is 49.7 Å². The Labute approximate surface area is 176 Å². The Hall–Kier alpha value is -1.46. The monoisotopic (exact) mass is 427 g/mol. The maximum absolute atomic E-state index is 12.5. The summed E-state index contributed by atoms with van der Waals surface area (Å²) in [6, 6.07) is 11.8. The fourth-order valence-corrected chi connectivity index (χ4v) is 3.97. The van der Waals surface area contributed by atoms with E-state index in [9.17, 15) is 4.79 Å². The van der Waals surface area contributed by atoms with E-state index in [-0.39, 0.29) is 34.0 Å². The van der Waals surface area contributed by atoms with Gasteiger partial charge in [-0.1, -0.05) is 53.9 Å². The third-order valence-corrected chi connectivity index (χ3v) is 5.59. The molecule has 1 atom stereocenters. The molecule has 0 spiro atoms. The molecule has 0 unspecified atom stereocenters. The largest absolute Gasteiger partial charge is 0.396 e. The van der Waals surface area contributed by atoms with Gasteiger partial charge in [-0.15, -0.1) is 12.4 Å². The number of hydrogen-bond donors (Lipinski definition) is 2. The summed E-state index contributed by atoms with van der Waals surface area (Å²) in [5.74, 6) is -0.222. The van der Waals surface area contributed by atoms with Crippen LogP contribution in [0.2, 0.25) is 10.0 Å². The topological polar surface area (TPSA) is 58.4 Å². The van der Waals surface area contributed by atoms with E-state index < -0.39 is 0 Å². The highest BCUT2D eigenvalue weighted by molar-refractivity contribution is 6.39. The molecule has 1 amide bonds. The van der Waals surface area contributed by atoms with Crippen molar-refractivity contribution in [3.8, 4) is 0 Å². The van der Waals surface area contributed by atoms with Gasteiger partial charge in [0.2, 0.25) is 0 Å². The molecule has 0 aromatic heterocycles. The molecule has 1 aliphatic rings. The summed E-state index contributed by atoms with van der Waals surface area (Å²) in [6.07, 6.45) is 3.62. The second-order valence-corrected chi connectivity index (χ2v) is 7.54. The van der Waals surface area contributed by atoms with Crippen molar-refractivity contribution in [2.24, 2.45) is 0 Å². The molecule has 1 fully saturated rings. The van der Waals surface area contributed by atoms with Crippen LogP contribution >= 0.6 is 35.6 Å². The zero-order chi connectivity index (χ0) is 18.7. The Balaban J connectivity index is 0.00000261. The summed E-state index contributed by atoms with van der Waals surface area (Å²) in [5, 5.41) is 3.54. The maximum Gasteiger partial charge on any atom is 0.251 e. The highest BCUT2D eigenvalue weighted by Gasteiger charge is 2.22. The molecule has 0 radical (unpaired) electrons. The predicted molar refractivity (Wildman–Crippen MR) is 115 cm³/mol. The van der Waals surface area contributed by atoms with E-state index in [1.807, 2.05) is 6.07 Å². The Bertz CT molecular complexity index is 790. The number of benzene rings is 2. The number of carbonyl (C=O) groups is 1. The van der Waals surface area contributed by atoms with Gasteiger partial charge in [0.25, 0.3) is 5.91 Å². The Kier molecular flexibility index (Phi) is 7.80. The summed E-state index contributed by atoms with van der Waals surface area (Å²) in [6.45, 7) is 1.56. The molecular formula is C20H24Cl3N3O. The number of halogens is 3. The molecule has 2 aromatic rings. The third-order valence-electron chi connectivity index (χ3n) is 4.97. The van der Waals surface area contributed by atoms with Gasteiger partial charge in [0.1, 0.15) is 0 Å². The van der Waals surface area contributed by atoms with E-state index in [1.165, 1.54) is 18.4 Å². The zero-order valence-corrected chi connectivity index (χ0v) is 17.5. The van der Waals surface area contributed by atoms with Gasteiger partial charge < -0.3 is 11.1 Å². The maximum atomic E-state index is 12.5. The number of amides is 1. The molecular weight excluding hydrogens is 405 g/mol. The third kappa shape index (κ3) is 5.08. The quantitative estimate of drug-likeness (QED) is 0.667. The SMILES string of the molecule is CN1CCCC[C@@H]1c1ccccc1CNC(=O)c1cc(Cl)c(N)c(Cl)c1.Cl. The summed E-state index contributed by atoms with van der Waals surface area (Å²) in [5.41, 5.74) is 8.84. The van der Waals surface area contributed by atoms with Crippen LogP contribution in [-0.4, -0.2) is 24.4 Å². The highest BCUT2D eigenvalue weighted by Crippen LogP contribution is 2.32. The molecule has 2 aromatic carbocycles. The van der Waals surface area contributed by atoms with Gasteiger partial charge >= 0.3 is 0 Å². The van der Waals surface area contributed by atoms with Gasteiger partial charge in [0, 0.05) is 18.2 Å². The summed E-state index contributed by atoms with van der Waals surface area (Å²) in [4.78, 5) is 14.9. The first-order valence-corrected chi connectivity index (χ1v) is 9.53. The molecule has 1 aliphatic heterocycles. The lowest BCUT2D eigenvalue weighted by Gasteiger charge is -2.34. The van der Waals surface area contributed by atoms with Crippen molar-refractivity contribution in [2.45, 2.75) is 31.8 Å². The fraction of sp³-hybridized carbons (Fsp3) is 0.350. The molecule has 3 rings (SSSR count). The van der Waals surface area contributed by atoms with Crippen molar-refractivity contribution in [1.29, 1.82) is 0 Å². The van der Waals surface area contributed by atoms with Crippen molar-refractivity contribution in [1.82, 2.24) is 10.2 Å². The molecule has 146 valence electrons. The fourth-order valence-electron chi connectivity index (χ4n) is 3.48. The number of nitrogens with two attached hydrogens (primary N) is 1. The second-order valence-electron chi connectivity index (χ2n) is 6.73. The van der Waals surface area contributed by atoms with E-state index in [4.69, 9.17) is 28.9 Å². The molecule has 27 heavy (non-hydrogen) atoms. The van der Waals surface area contributed by atoms with E-state index in [1.54, 1.807) is 12.1 Å². The molecule has 4 nitrogen and oxygen atoms in total. The van der Waals surface area contributed by atoms with Crippen molar-refractivity contribution in [3.63, 3.8) is 0 Å². The van der Waals surface area contributed by atoms with Crippen LogP contribution in [0.5, 0.6) is 0 Å². The number of nitrogens with zero attached hydrogens (tertiary/aromatic N) is 1. The van der Waals surface area contributed by atoms with E-state index in [0.717, 1.165) is 18.5 Å². The first-order chi connectivity index (χ1) is 12.5. The predicted octanol–water partition coefficient (Wildman–Crippen LogP) is 5.08. The van der Waals surface area contributed by atoms with Crippen LogP contribution in [0, 0.1) is 0 Å². The van der Waals surface area contributed by atoms with Gasteiger partial charge in [-0.3, -0.25) is 9.69 Å². The number of carbonyl (C=O) groups excluding carboxylic acids is 1. The van der Waals surface area contributed by atoms with Crippen LogP contribution < -0.4 is 11.1 Å². The summed E-state index contributed by atoms with van der Waals surface area (Å²) in [7, 11) is 2.16. The minimum absolute atomic E-state index is 0. The van der Waals surface area contributed by atoms with Gasteiger partial charge in [0.15, 0.2) is 0 Å². The Morgan fingerprint density at radius 2 is 1.89 bits per heavy atom. The van der Waals surface area contributed by atoms with Crippen LogP contribution in [0.4, 0.5) is 5.69 Å². The van der Waals surface area contributed by atoms with E-state index in [0.29, 0.717) is 18.2 Å². The molecule has 0 bridgehead atoms. The normalized spacial score (nSPS) is 17.2. The Morgan fingerprint density at radius 3 is 2.56 bits per heavy atom. The van der Waals surface area contributed by atoms with Crippen LogP contribution in [0.3, 0.4) is 0 Å². The summed E-state index contributed by atoms with van der Waals surface area (Å²) < 4.78 is 0. The second kappa shape index (κ2) is 9.65. The molecule has 3 N–H and O–H groups in total. The van der Waals surface area contributed by atoms with Crippen molar-refractivity contribution in [3.05, 3.63) is 63.1 Å². The molecule has 7 heteroatoms. The zero-order valence-electron chi connectivity index (χ0n) is 15.2. The average molecular weight is 429 g/mol. The van der Waals surface area contributed by atoms with Gasteiger partial charge in [-0.2, -0.15) is 0 Å². The van der Waals surface area contributed by atoms with Crippen LogP contribution in [0.25, 0.3) is 0 Å². The lowest BCUT2D eigenvalue weighted by atomic mass is 9.92. The van der Waals surface area contributed by atoms with Crippen molar-refractivity contribution in [2.75, 3.05) is 19.3 Å². The molecule has 0 saturated carbocycles. The number of rotatable bonds is 4. The number of anilines is 1. The lowest BCUT2D eigenvalue weighted by molar-refractivity contribution is 0.0950.